The minimum Gasteiger partial charge on any atom is -0.493 e. The molecule has 102 valence electrons. The van der Waals surface area contributed by atoms with E-state index in [1.165, 1.54) is 0 Å². The van der Waals surface area contributed by atoms with Crippen molar-refractivity contribution in [3.8, 4) is 5.75 Å². The number of hydrogen-bond donors (Lipinski definition) is 1. The maximum atomic E-state index is 13.3. The van der Waals surface area contributed by atoms with Gasteiger partial charge in [0.05, 0.1) is 25.0 Å². The maximum Gasteiger partial charge on any atom is 0.248 e. The summed E-state index contributed by atoms with van der Waals surface area (Å²) in [6.07, 6.45) is 2.03. The second-order valence-electron chi connectivity index (χ2n) is 4.85. The van der Waals surface area contributed by atoms with E-state index in [1.54, 1.807) is 32.1 Å². The highest BCUT2D eigenvalue weighted by atomic mass is 19.3. The van der Waals surface area contributed by atoms with E-state index < -0.39 is 5.92 Å². The zero-order valence-electron chi connectivity index (χ0n) is 10.9. The van der Waals surface area contributed by atoms with Gasteiger partial charge in [0.2, 0.25) is 5.92 Å². The lowest BCUT2D eigenvalue weighted by Gasteiger charge is -2.24. The Morgan fingerprint density at radius 3 is 2.83 bits per heavy atom. The highest BCUT2D eigenvalue weighted by Crippen LogP contribution is 2.45. The summed E-state index contributed by atoms with van der Waals surface area (Å²) in [5.41, 5.74) is 0.836. The van der Waals surface area contributed by atoms with Crippen molar-refractivity contribution in [2.24, 2.45) is 13.0 Å². The smallest absolute Gasteiger partial charge is 0.248 e. The van der Waals surface area contributed by atoms with Crippen molar-refractivity contribution in [3.63, 3.8) is 0 Å². The molecule has 1 heterocycles. The number of ether oxygens (including phenoxy) is 1. The highest BCUT2D eigenvalue weighted by molar-refractivity contribution is 5.29. The number of nitrogens with one attached hydrogen (secondary N) is 1. The summed E-state index contributed by atoms with van der Waals surface area (Å²) in [5.74, 6) is -1.98. The van der Waals surface area contributed by atoms with Gasteiger partial charge in [-0.05, 0) is 19.4 Å². The van der Waals surface area contributed by atoms with Crippen molar-refractivity contribution in [3.05, 3.63) is 11.9 Å². The molecule has 2 rings (SSSR count). The second kappa shape index (κ2) is 4.84. The van der Waals surface area contributed by atoms with E-state index in [1.807, 2.05) is 0 Å². The first-order valence-electron chi connectivity index (χ1n) is 6.09. The van der Waals surface area contributed by atoms with Gasteiger partial charge in [-0.2, -0.15) is 5.10 Å². The fraction of sp³-hybridized carbons (Fsp3) is 0.750. The molecule has 1 aromatic rings. The van der Waals surface area contributed by atoms with E-state index in [0.717, 1.165) is 5.69 Å². The predicted molar refractivity (Wildman–Crippen MR) is 63.8 cm³/mol. The van der Waals surface area contributed by atoms with Gasteiger partial charge < -0.3 is 10.1 Å². The summed E-state index contributed by atoms with van der Waals surface area (Å²) in [4.78, 5) is 0. The normalized spacial score (nSPS) is 24.2. The number of halogens is 2. The van der Waals surface area contributed by atoms with Crippen LogP contribution in [0.2, 0.25) is 0 Å². The average molecular weight is 259 g/mol. The van der Waals surface area contributed by atoms with Gasteiger partial charge in [0.1, 0.15) is 0 Å². The van der Waals surface area contributed by atoms with Crippen LogP contribution in [0.4, 0.5) is 8.78 Å². The van der Waals surface area contributed by atoms with Crippen LogP contribution < -0.4 is 10.1 Å². The molecule has 1 aromatic heterocycles. The topological polar surface area (TPSA) is 39.1 Å². The standard InChI is InChI=1S/C12H19F2N3O/c1-15-10(8-4-5-12(13,14)6-8)11-9(18-3)7-16-17(11)2/h7-8,10,15H,4-6H2,1-3H3. The molecule has 2 atom stereocenters. The number of alkyl halides is 2. The summed E-state index contributed by atoms with van der Waals surface area (Å²) in [6, 6.07) is -0.152. The molecule has 0 saturated heterocycles. The lowest BCUT2D eigenvalue weighted by molar-refractivity contribution is 0.00321. The highest BCUT2D eigenvalue weighted by Gasteiger charge is 2.43. The minimum atomic E-state index is -2.54. The van der Waals surface area contributed by atoms with E-state index >= 15 is 0 Å². The van der Waals surface area contributed by atoms with Gasteiger partial charge in [0, 0.05) is 19.9 Å². The van der Waals surface area contributed by atoms with Gasteiger partial charge in [-0.15, -0.1) is 0 Å². The Bertz CT molecular complexity index is 419. The van der Waals surface area contributed by atoms with Crippen molar-refractivity contribution in [2.75, 3.05) is 14.2 Å². The van der Waals surface area contributed by atoms with Crippen molar-refractivity contribution >= 4 is 0 Å². The van der Waals surface area contributed by atoms with Crippen LogP contribution in [0.1, 0.15) is 31.0 Å². The zero-order chi connectivity index (χ0) is 13.3. The molecule has 18 heavy (non-hydrogen) atoms. The van der Waals surface area contributed by atoms with Crippen molar-refractivity contribution < 1.29 is 13.5 Å². The molecule has 6 heteroatoms. The van der Waals surface area contributed by atoms with Gasteiger partial charge in [0.25, 0.3) is 0 Å². The third kappa shape index (κ3) is 2.34. The molecule has 1 saturated carbocycles. The molecule has 2 unspecified atom stereocenters. The molecular weight excluding hydrogens is 240 g/mol. The summed E-state index contributed by atoms with van der Waals surface area (Å²) in [6.45, 7) is 0. The molecule has 0 radical (unpaired) electrons. The fourth-order valence-corrected chi connectivity index (χ4v) is 2.80. The van der Waals surface area contributed by atoms with E-state index in [0.29, 0.717) is 12.2 Å². The first-order chi connectivity index (χ1) is 8.48. The zero-order valence-corrected chi connectivity index (χ0v) is 10.9. The van der Waals surface area contributed by atoms with Crippen molar-refractivity contribution in [1.29, 1.82) is 0 Å². The molecule has 4 nitrogen and oxygen atoms in total. The van der Waals surface area contributed by atoms with E-state index in [2.05, 4.69) is 10.4 Å². The summed E-state index contributed by atoms with van der Waals surface area (Å²) in [7, 11) is 5.15. The molecule has 1 aliphatic carbocycles. The van der Waals surface area contributed by atoms with Gasteiger partial charge in [0.15, 0.2) is 5.75 Å². The molecule has 0 aromatic carbocycles. The third-order valence-electron chi connectivity index (χ3n) is 3.69. The van der Waals surface area contributed by atoms with Crippen LogP contribution in [0.5, 0.6) is 5.75 Å². The number of rotatable bonds is 4. The largest absolute Gasteiger partial charge is 0.493 e. The van der Waals surface area contributed by atoms with Crippen LogP contribution in [-0.2, 0) is 7.05 Å². The Morgan fingerprint density at radius 1 is 1.61 bits per heavy atom. The Kier molecular flexibility index (Phi) is 3.56. The van der Waals surface area contributed by atoms with Crippen LogP contribution in [0, 0.1) is 5.92 Å². The number of methoxy groups -OCH3 is 1. The molecule has 1 aliphatic rings. The molecule has 0 amide bonds. The maximum absolute atomic E-state index is 13.3. The van der Waals surface area contributed by atoms with Gasteiger partial charge in [-0.3, -0.25) is 4.68 Å². The second-order valence-corrected chi connectivity index (χ2v) is 4.85. The van der Waals surface area contributed by atoms with Gasteiger partial charge in [-0.1, -0.05) is 0 Å². The Balaban J connectivity index is 2.26. The predicted octanol–water partition coefficient (Wildman–Crippen LogP) is 2.12. The van der Waals surface area contributed by atoms with E-state index in [4.69, 9.17) is 4.74 Å². The van der Waals surface area contributed by atoms with E-state index in [-0.39, 0.29) is 24.8 Å². The third-order valence-corrected chi connectivity index (χ3v) is 3.69. The monoisotopic (exact) mass is 259 g/mol. The van der Waals surface area contributed by atoms with Crippen LogP contribution in [-0.4, -0.2) is 29.9 Å². The molecular formula is C12H19F2N3O. The van der Waals surface area contributed by atoms with Crippen molar-refractivity contribution in [1.82, 2.24) is 15.1 Å². The van der Waals surface area contributed by atoms with E-state index in [9.17, 15) is 8.78 Å². The van der Waals surface area contributed by atoms with Crippen LogP contribution in [0.3, 0.4) is 0 Å². The van der Waals surface area contributed by atoms with Crippen LogP contribution in [0.15, 0.2) is 6.20 Å². The average Bonchev–Trinajstić information content (AvgIpc) is 2.85. The molecule has 0 bridgehead atoms. The fourth-order valence-electron chi connectivity index (χ4n) is 2.80. The van der Waals surface area contributed by atoms with Crippen LogP contribution in [0.25, 0.3) is 0 Å². The first-order valence-corrected chi connectivity index (χ1v) is 6.09. The molecule has 0 aliphatic heterocycles. The first kappa shape index (κ1) is 13.3. The quantitative estimate of drug-likeness (QED) is 0.900. The Morgan fingerprint density at radius 2 is 2.33 bits per heavy atom. The molecule has 0 spiro atoms. The van der Waals surface area contributed by atoms with Gasteiger partial charge >= 0.3 is 0 Å². The Hall–Kier alpha value is -1.17. The lowest BCUT2D eigenvalue weighted by atomic mass is 9.94. The van der Waals surface area contributed by atoms with Crippen molar-refractivity contribution in [2.45, 2.75) is 31.2 Å². The number of aromatic nitrogens is 2. The van der Waals surface area contributed by atoms with Gasteiger partial charge in [-0.25, -0.2) is 8.78 Å². The minimum absolute atomic E-state index is 0.0317. The SMILES string of the molecule is CNC(c1c(OC)cnn1C)C1CCC(F)(F)C1. The summed E-state index contributed by atoms with van der Waals surface area (Å²) in [5, 5.41) is 7.25. The Labute approximate surface area is 105 Å². The molecule has 1 fully saturated rings. The number of aryl methyl sites for hydroxylation is 1. The van der Waals surface area contributed by atoms with Crippen LogP contribution >= 0.6 is 0 Å². The molecule has 1 N–H and O–H groups in total. The lowest BCUT2D eigenvalue weighted by Crippen LogP contribution is -2.27. The number of hydrogen-bond acceptors (Lipinski definition) is 3. The number of nitrogens with zero attached hydrogens (tertiary/aromatic N) is 2. The summed E-state index contributed by atoms with van der Waals surface area (Å²) < 4.78 is 33.6. The summed E-state index contributed by atoms with van der Waals surface area (Å²) >= 11 is 0.